The molecular formula is C25H27NO3. The zero-order chi connectivity index (χ0) is 20.1. The molecule has 0 bridgehead atoms. The van der Waals surface area contributed by atoms with Gasteiger partial charge in [-0.3, -0.25) is 9.59 Å². The van der Waals surface area contributed by atoms with E-state index >= 15 is 0 Å². The minimum absolute atomic E-state index is 0.200. The average molecular weight is 389 g/mol. The van der Waals surface area contributed by atoms with Gasteiger partial charge in [0, 0.05) is 17.0 Å². The van der Waals surface area contributed by atoms with Gasteiger partial charge in [0.2, 0.25) is 5.91 Å². The molecule has 2 aromatic rings. The van der Waals surface area contributed by atoms with E-state index in [0.29, 0.717) is 6.42 Å². The first-order chi connectivity index (χ1) is 14.1. The summed E-state index contributed by atoms with van der Waals surface area (Å²) in [5.74, 6) is -0.787. The second-order valence-electron chi connectivity index (χ2n) is 8.72. The molecule has 150 valence electrons. The highest BCUT2D eigenvalue weighted by molar-refractivity contribution is 6.13. The van der Waals surface area contributed by atoms with Crippen LogP contribution in [0.2, 0.25) is 0 Å². The van der Waals surface area contributed by atoms with Crippen molar-refractivity contribution < 1.29 is 14.3 Å². The highest BCUT2D eigenvalue weighted by Crippen LogP contribution is 2.64. The Morgan fingerprint density at radius 3 is 2.59 bits per heavy atom. The van der Waals surface area contributed by atoms with Gasteiger partial charge in [0.05, 0.1) is 6.61 Å². The fourth-order valence-corrected chi connectivity index (χ4v) is 6.34. The number of ether oxygens (including phenoxy) is 1. The Morgan fingerprint density at radius 2 is 1.79 bits per heavy atom. The lowest BCUT2D eigenvalue weighted by atomic mass is 9.46. The van der Waals surface area contributed by atoms with Crippen LogP contribution in [-0.2, 0) is 26.2 Å². The summed E-state index contributed by atoms with van der Waals surface area (Å²) in [6, 6.07) is 16.5. The van der Waals surface area contributed by atoms with E-state index in [1.165, 1.54) is 12.0 Å². The number of carbonyl (C=O) groups excluding carboxylic acids is 2. The van der Waals surface area contributed by atoms with Gasteiger partial charge in [0.1, 0.15) is 0 Å². The SMILES string of the molecule is CCOC(=O)[C@]12Cc3ccccc3C3(CCCCC3)[C@H]1c1ccccc1NC2=O. The van der Waals surface area contributed by atoms with E-state index in [1.54, 1.807) is 0 Å². The summed E-state index contributed by atoms with van der Waals surface area (Å²) < 4.78 is 5.58. The Labute approximate surface area is 171 Å². The Morgan fingerprint density at radius 1 is 1.07 bits per heavy atom. The average Bonchev–Trinajstić information content (AvgIpc) is 2.75. The quantitative estimate of drug-likeness (QED) is 0.597. The normalized spacial score (nSPS) is 26.7. The zero-order valence-electron chi connectivity index (χ0n) is 16.9. The van der Waals surface area contributed by atoms with Crippen LogP contribution in [0.3, 0.4) is 0 Å². The van der Waals surface area contributed by atoms with Crippen molar-refractivity contribution >= 4 is 17.6 Å². The Kier molecular flexibility index (Phi) is 4.27. The van der Waals surface area contributed by atoms with Crippen LogP contribution < -0.4 is 5.32 Å². The van der Waals surface area contributed by atoms with Crippen molar-refractivity contribution in [3.8, 4) is 0 Å². The summed E-state index contributed by atoms with van der Waals surface area (Å²) in [5.41, 5.74) is 2.94. The van der Waals surface area contributed by atoms with E-state index in [-0.39, 0.29) is 29.8 Å². The van der Waals surface area contributed by atoms with E-state index in [0.717, 1.165) is 42.5 Å². The van der Waals surface area contributed by atoms with Gasteiger partial charge in [-0.15, -0.1) is 0 Å². The molecule has 5 rings (SSSR count). The summed E-state index contributed by atoms with van der Waals surface area (Å²) in [7, 11) is 0. The topological polar surface area (TPSA) is 55.4 Å². The number of benzene rings is 2. The summed E-state index contributed by atoms with van der Waals surface area (Å²) in [6.45, 7) is 2.09. The van der Waals surface area contributed by atoms with Gasteiger partial charge >= 0.3 is 5.97 Å². The predicted molar refractivity (Wildman–Crippen MR) is 112 cm³/mol. The highest BCUT2D eigenvalue weighted by atomic mass is 16.5. The fourth-order valence-electron chi connectivity index (χ4n) is 6.34. The first-order valence-corrected chi connectivity index (χ1v) is 10.8. The summed E-state index contributed by atoms with van der Waals surface area (Å²) >= 11 is 0. The molecule has 4 heteroatoms. The van der Waals surface area contributed by atoms with E-state index in [2.05, 4.69) is 29.6 Å². The van der Waals surface area contributed by atoms with Crippen LogP contribution in [-0.4, -0.2) is 18.5 Å². The maximum Gasteiger partial charge on any atom is 0.322 e. The molecule has 4 nitrogen and oxygen atoms in total. The molecule has 0 aromatic heterocycles. The van der Waals surface area contributed by atoms with Gasteiger partial charge < -0.3 is 10.1 Å². The number of esters is 1. The molecule has 0 unspecified atom stereocenters. The van der Waals surface area contributed by atoms with Crippen LogP contribution in [0.25, 0.3) is 0 Å². The van der Waals surface area contributed by atoms with Crippen molar-refractivity contribution in [3.05, 3.63) is 65.2 Å². The molecule has 1 N–H and O–H groups in total. The second kappa shape index (κ2) is 6.72. The molecule has 2 aliphatic carbocycles. The monoisotopic (exact) mass is 389 g/mol. The molecule has 0 radical (unpaired) electrons. The summed E-state index contributed by atoms with van der Waals surface area (Å²) in [6.07, 6.45) is 5.83. The van der Waals surface area contributed by atoms with Crippen molar-refractivity contribution in [2.24, 2.45) is 5.41 Å². The van der Waals surface area contributed by atoms with Crippen molar-refractivity contribution in [3.63, 3.8) is 0 Å². The molecule has 1 amide bonds. The number of amides is 1. The van der Waals surface area contributed by atoms with Gasteiger partial charge in [-0.05, 0) is 48.9 Å². The van der Waals surface area contributed by atoms with Crippen molar-refractivity contribution in [2.75, 3.05) is 11.9 Å². The third-order valence-corrected chi connectivity index (χ3v) is 7.38. The van der Waals surface area contributed by atoms with Gasteiger partial charge in [0.15, 0.2) is 5.41 Å². The van der Waals surface area contributed by atoms with Gasteiger partial charge in [-0.2, -0.15) is 0 Å². The largest absolute Gasteiger partial charge is 0.465 e. The number of anilines is 1. The maximum absolute atomic E-state index is 13.7. The first kappa shape index (κ1) is 18.4. The molecule has 1 fully saturated rings. The molecular weight excluding hydrogens is 362 g/mol. The number of fused-ring (bicyclic) bond motifs is 6. The van der Waals surface area contributed by atoms with Crippen LogP contribution in [0.15, 0.2) is 48.5 Å². The summed E-state index contributed by atoms with van der Waals surface area (Å²) in [4.78, 5) is 27.2. The van der Waals surface area contributed by atoms with Crippen LogP contribution in [0.1, 0.15) is 61.6 Å². The number of carbonyl (C=O) groups is 2. The lowest BCUT2D eigenvalue weighted by molar-refractivity contribution is -0.164. The third kappa shape index (κ3) is 2.44. The Hall–Kier alpha value is -2.62. The lowest BCUT2D eigenvalue weighted by Gasteiger charge is -2.57. The predicted octanol–water partition coefficient (Wildman–Crippen LogP) is 4.73. The van der Waals surface area contributed by atoms with E-state index in [9.17, 15) is 9.59 Å². The van der Waals surface area contributed by atoms with E-state index < -0.39 is 5.41 Å². The van der Waals surface area contributed by atoms with Crippen LogP contribution in [0.4, 0.5) is 5.69 Å². The van der Waals surface area contributed by atoms with Crippen molar-refractivity contribution in [2.45, 2.75) is 56.8 Å². The Balaban J connectivity index is 1.84. The minimum atomic E-state index is -1.21. The fraction of sp³-hybridized carbons (Fsp3) is 0.440. The standard InChI is InChI=1S/C25H27NO3/c1-2-29-23(28)25-16-17-10-4-6-12-19(17)24(14-8-3-9-15-24)21(25)18-11-5-7-13-20(18)26-22(25)27/h4-7,10-13,21H,2-3,8-9,14-16H2,1H3,(H,26,27)/t21-,25-/m1/s1. The van der Waals surface area contributed by atoms with E-state index in [4.69, 9.17) is 4.74 Å². The van der Waals surface area contributed by atoms with Crippen LogP contribution >= 0.6 is 0 Å². The number of hydrogen-bond acceptors (Lipinski definition) is 3. The van der Waals surface area contributed by atoms with Crippen LogP contribution in [0, 0.1) is 5.41 Å². The molecule has 1 saturated carbocycles. The lowest BCUT2D eigenvalue weighted by Crippen LogP contribution is -2.61. The van der Waals surface area contributed by atoms with Gasteiger partial charge in [-0.1, -0.05) is 61.7 Å². The highest BCUT2D eigenvalue weighted by Gasteiger charge is 2.66. The molecule has 1 aliphatic heterocycles. The minimum Gasteiger partial charge on any atom is -0.465 e. The zero-order valence-corrected chi connectivity index (χ0v) is 16.9. The molecule has 1 spiro atoms. The van der Waals surface area contributed by atoms with Crippen molar-refractivity contribution in [1.82, 2.24) is 0 Å². The number of para-hydroxylation sites is 1. The molecule has 29 heavy (non-hydrogen) atoms. The van der Waals surface area contributed by atoms with Crippen LogP contribution in [0.5, 0.6) is 0 Å². The maximum atomic E-state index is 13.7. The third-order valence-electron chi connectivity index (χ3n) is 7.38. The molecule has 3 aliphatic rings. The van der Waals surface area contributed by atoms with Crippen molar-refractivity contribution in [1.29, 1.82) is 0 Å². The smallest absolute Gasteiger partial charge is 0.322 e. The van der Waals surface area contributed by atoms with E-state index in [1.807, 2.05) is 31.2 Å². The molecule has 0 saturated heterocycles. The van der Waals surface area contributed by atoms with Gasteiger partial charge in [-0.25, -0.2) is 0 Å². The second-order valence-corrected chi connectivity index (χ2v) is 8.72. The Bertz CT molecular complexity index is 976. The molecule has 1 heterocycles. The summed E-state index contributed by atoms with van der Waals surface area (Å²) in [5, 5.41) is 3.05. The number of hydrogen-bond donors (Lipinski definition) is 1. The molecule has 2 atom stereocenters. The number of nitrogens with one attached hydrogen (secondary N) is 1. The molecule has 2 aromatic carbocycles. The first-order valence-electron chi connectivity index (χ1n) is 10.8. The van der Waals surface area contributed by atoms with Gasteiger partial charge in [0.25, 0.3) is 0 Å². The number of rotatable bonds is 2.